The highest BCUT2D eigenvalue weighted by atomic mass is 32.2. The van der Waals surface area contributed by atoms with Crippen LogP contribution in [-0.4, -0.2) is 25.8 Å². The highest BCUT2D eigenvalue weighted by Gasteiger charge is 2.39. The van der Waals surface area contributed by atoms with E-state index in [4.69, 9.17) is 0 Å². The Morgan fingerprint density at radius 1 is 1.03 bits per heavy atom. The fourth-order valence-electron chi connectivity index (χ4n) is 5.35. The second kappa shape index (κ2) is 7.54. The Balaban J connectivity index is 1.50. The lowest BCUT2D eigenvalue weighted by Crippen LogP contribution is -2.38. The molecule has 0 radical (unpaired) electrons. The molecule has 1 saturated heterocycles. The maximum absolute atomic E-state index is 13.3. The third-order valence-electron chi connectivity index (χ3n) is 7.24. The summed E-state index contributed by atoms with van der Waals surface area (Å²) >= 11 is 0. The molecule has 1 aliphatic carbocycles. The first-order chi connectivity index (χ1) is 14.4. The zero-order valence-electron chi connectivity index (χ0n) is 17.7. The summed E-state index contributed by atoms with van der Waals surface area (Å²) in [4.78, 5) is 0.436. The minimum absolute atomic E-state index is 0.240. The standard InChI is InChI=1S/C25H30N2O2S/c1-17-12-14-27(15-13-17)30(28,29)19-10-11-24-23(16-19)21-8-5-9-22(21)25(26-24)20-7-4-3-6-18(20)2/h3-8,10-11,16-17,21-22,25-26H,9,12-15H2,1-2H3. The topological polar surface area (TPSA) is 49.4 Å². The van der Waals surface area contributed by atoms with Crippen LogP contribution < -0.4 is 5.32 Å². The van der Waals surface area contributed by atoms with Crippen LogP contribution in [0.25, 0.3) is 0 Å². The summed E-state index contributed by atoms with van der Waals surface area (Å²) < 4.78 is 28.2. The summed E-state index contributed by atoms with van der Waals surface area (Å²) in [5.74, 6) is 1.27. The van der Waals surface area contributed by atoms with Crippen LogP contribution in [0.5, 0.6) is 0 Å². The summed E-state index contributed by atoms with van der Waals surface area (Å²) in [6.07, 6.45) is 7.42. The molecule has 2 aromatic rings. The highest BCUT2D eigenvalue weighted by molar-refractivity contribution is 7.89. The van der Waals surface area contributed by atoms with E-state index in [1.807, 2.05) is 12.1 Å². The third kappa shape index (κ3) is 3.28. The maximum Gasteiger partial charge on any atom is 0.243 e. The van der Waals surface area contributed by atoms with Crippen LogP contribution in [0.2, 0.25) is 0 Å². The van der Waals surface area contributed by atoms with E-state index in [1.54, 1.807) is 10.4 Å². The number of anilines is 1. The van der Waals surface area contributed by atoms with Crippen LogP contribution >= 0.6 is 0 Å². The first kappa shape index (κ1) is 19.8. The van der Waals surface area contributed by atoms with Crippen LogP contribution in [-0.2, 0) is 10.0 Å². The van der Waals surface area contributed by atoms with E-state index in [0.717, 1.165) is 30.5 Å². The van der Waals surface area contributed by atoms with Crippen molar-refractivity contribution < 1.29 is 8.42 Å². The number of hydrogen-bond acceptors (Lipinski definition) is 3. The minimum atomic E-state index is -3.44. The van der Waals surface area contributed by atoms with Crippen molar-refractivity contribution >= 4 is 15.7 Å². The predicted octanol–water partition coefficient (Wildman–Crippen LogP) is 5.24. The number of allylic oxidation sites excluding steroid dienone is 2. The normalized spacial score (nSPS) is 26.8. The van der Waals surface area contributed by atoms with Gasteiger partial charge in [0.05, 0.1) is 10.9 Å². The minimum Gasteiger partial charge on any atom is -0.378 e. The smallest absolute Gasteiger partial charge is 0.243 e. The molecule has 3 unspecified atom stereocenters. The molecule has 2 heterocycles. The van der Waals surface area contributed by atoms with E-state index in [9.17, 15) is 8.42 Å². The molecule has 0 aromatic heterocycles. The number of nitrogens with zero attached hydrogens (tertiary/aromatic N) is 1. The second-order valence-electron chi connectivity index (χ2n) is 9.17. The Morgan fingerprint density at radius 3 is 2.57 bits per heavy atom. The monoisotopic (exact) mass is 422 g/mol. The van der Waals surface area contributed by atoms with Gasteiger partial charge >= 0.3 is 0 Å². The van der Waals surface area contributed by atoms with Gasteiger partial charge in [-0.2, -0.15) is 4.31 Å². The molecule has 3 atom stereocenters. The van der Waals surface area contributed by atoms with E-state index >= 15 is 0 Å². The number of piperidine rings is 1. The fourth-order valence-corrected chi connectivity index (χ4v) is 6.86. The van der Waals surface area contributed by atoms with Gasteiger partial charge in [0.25, 0.3) is 0 Å². The molecule has 5 heteroatoms. The van der Waals surface area contributed by atoms with Crippen molar-refractivity contribution in [2.24, 2.45) is 11.8 Å². The average Bonchev–Trinajstić information content (AvgIpc) is 3.24. The molecule has 0 spiro atoms. The SMILES string of the molecule is Cc1ccccc1C1Nc2ccc(S(=O)(=O)N3CCC(C)CC3)cc2C2C=CCC21. The van der Waals surface area contributed by atoms with Gasteiger partial charge < -0.3 is 5.32 Å². The van der Waals surface area contributed by atoms with Crippen molar-refractivity contribution in [2.45, 2.75) is 50.0 Å². The summed E-state index contributed by atoms with van der Waals surface area (Å²) in [5, 5.41) is 3.74. The third-order valence-corrected chi connectivity index (χ3v) is 9.13. The van der Waals surface area contributed by atoms with Crippen molar-refractivity contribution in [3.8, 4) is 0 Å². The van der Waals surface area contributed by atoms with Crippen molar-refractivity contribution in [1.29, 1.82) is 0 Å². The van der Waals surface area contributed by atoms with E-state index in [0.29, 0.717) is 29.8 Å². The van der Waals surface area contributed by atoms with Crippen LogP contribution in [0, 0.1) is 18.8 Å². The van der Waals surface area contributed by atoms with Crippen LogP contribution in [0.3, 0.4) is 0 Å². The van der Waals surface area contributed by atoms with Crippen LogP contribution in [0.15, 0.2) is 59.5 Å². The summed E-state index contributed by atoms with van der Waals surface area (Å²) in [6.45, 7) is 5.62. The number of sulfonamides is 1. The largest absolute Gasteiger partial charge is 0.378 e. The second-order valence-corrected chi connectivity index (χ2v) is 11.1. The van der Waals surface area contributed by atoms with Gasteiger partial charge in [-0.15, -0.1) is 0 Å². The zero-order chi connectivity index (χ0) is 20.9. The van der Waals surface area contributed by atoms with Crippen LogP contribution in [0.4, 0.5) is 5.69 Å². The molecule has 1 N–H and O–H groups in total. The summed E-state index contributed by atoms with van der Waals surface area (Å²) in [5.41, 5.74) is 4.80. The van der Waals surface area contributed by atoms with Crippen molar-refractivity contribution in [3.63, 3.8) is 0 Å². The zero-order valence-corrected chi connectivity index (χ0v) is 18.5. The molecule has 30 heavy (non-hydrogen) atoms. The van der Waals surface area contributed by atoms with Gasteiger partial charge in [-0.3, -0.25) is 0 Å². The fraction of sp³-hybridized carbons (Fsp3) is 0.440. The van der Waals surface area contributed by atoms with Crippen LogP contribution in [0.1, 0.15) is 54.8 Å². The number of nitrogens with one attached hydrogen (secondary N) is 1. The van der Waals surface area contributed by atoms with Gasteiger partial charge in [0.1, 0.15) is 0 Å². The van der Waals surface area contributed by atoms with Gasteiger partial charge in [0.15, 0.2) is 0 Å². The van der Waals surface area contributed by atoms with E-state index < -0.39 is 10.0 Å². The molecular formula is C25H30N2O2S. The Kier molecular flexibility index (Phi) is 4.98. The highest BCUT2D eigenvalue weighted by Crippen LogP contribution is 2.50. The lowest BCUT2D eigenvalue weighted by Gasteiger charge is -2.38. The predicted molar refractivity (Wildman–Crippen MR) is 121 cm³/mol. The van der Waals surface area contributed by atoms with Crippen molar-refractivity contribution in [1.82, 2.24) is 4.31 Å². The van der Waals surface area contributed by atoms with Gasteiger partial charge in [-0.05, 0) is 72.9 Å². The lowest BCUT2D eigenvalue weighted by molar-refractivity contribution is 0.288. The molecule has 5 rings (SSSR count). The number of aryl methyl sites for hydroxylation is 1. The molecule has 1 fully saturated rings. The Bertz CT molecular complexity index is 1080. The summed E-state index contributed by atoms with van der Waals surface area (Å²) in [7, 11) is -3.44. The molecule has 2 aromatic carbocycles. The average molecular weight is 423 g/mol. The molecular weight excluding hydrogens is 392 g/mol. The van der Waals surface area contributed by atoms with Gasteiger partial charge in [0.2, 0.25) is 10.0 Å². The molecule has 4 nitrogen and oxygen atoms in total. The van der Waals surface area contributed by atoms with Gasteiger partial charge in [-0.25, -0.2) is 8.42 Å². The van der Waals surface area contributed by atoms with Crippen molar-refractivity contribution in [3.05, 3.63) is 71.3 Å². The van der Waals surface area contributed by atoms with E-state index in [1.165, 1.54) is 11.1 Å². The van der Waals surface area contributed by atoms with E-state index in [-0.39, 0.29) is 12.0 Å². The Hall–Kier alpha value is -2.11. The molecule has 3 aliphatic rings. The maximum atomic E-state index is 13.3. The first-order valence-corrected chi connectivity index (χ1v) is 12.5. The number of hydrogen-bond donors (Lipinski definition) is 1. The van der Waals surface area contributed by atoms with Gasteiger partial charge in [0, 0.05) is 24.7 Å². The number of fused-ring (bicyclic) bond motifs is 3. The molecule has 0 amide bonds. The van der Waals surface area contributed by atoms with Crippen molar-refractivity contribution in [2.75, 3.05) is 18.4 Å². The lowest BCUT2D eigenvalue weighted by atomic mass is 9.76. The van der Waals surface area contributed by atoms with E-state index in [2.05, 4.69) is 55.6 Å². The number of rotatable bonds is 3. The summed E-state index contributed by atoms with van der Waals surface area (Å²) in [6, 6.07) is 14.5. The first-order valence-electron chi connectivity index (χ1n) is 11.1. The molecule has 158 valence electrons. The molecule has 0 saturated carbocycles. The Morgan fingerprint density at radius 2 is 1.80 bits per heavy atom. The molecule has 0 bridgehead atoms. The van der Waals surface area contributed by atoms with Gasteiger partial charge in [-0.1, -0.05) is 43.3 Å². The Labute approximate surface area is 180 Å². The number of benzene rings is 2. The molecule has 2 aliphatic heterocycles. The quantitative estimate of drug-likeness (QED) is 0.688.